The van der Waals surface area contributed by atoms with Gasteiger partial charge in [0, 0.05) is 17.7 Å². The molecule has 1 aliphatic rings. The molecule has 0 bridgehead atoms. The first kappa shape index (κ1) is 12.2. The van der Waals surface area contributed by atoms with E-state index in [1.807, 2.05) is 0 Å². The Kier molecular flexibility index (Phi) is 3.84. The zero-order chi connectivity index (χ0) is 12.3. The van der Waals surface area contributed by atoms with Gasteiger partial charge in [0.25, 0.3) is 0 Å². The van der Waals surface area contributed by atoms with Crippen LogP contribution in [0.5, 0.6) is 11.5 Å². The van der Waals surface area contributed by atoms with Crippen molar-refractivity contribution < 1.29 is 13.9 Å². The molecule has 0 aromatic heterocycles. The van der Waals surface area contributed by atoms with E-state index in [2.05, 4.69) is 5.32 Å². The maximum Gasteiger partial charge on any atom is 0.163 e. The second-order valence-electron chi connectivity index (χ2n) is 4.23. The van der Waals surface area contributed by atoms with Crippen LogP contribution in [0.4, 0.5) is 4.39 Å². The maximum atomic E-state index is 14.0. The van der Waals surface area contributed by atoms with Crippen LogP contribution in [0.1, 0.15) is 30.9 Å². The molecule has 17 heavy (non-hydrogen) atoms. The summed E-state index contributed by atoms with van der Waals surface area (Å²) in [6.07, 6.45) is 3.25. The number of benzene rings is 1. The molecule has 0 unspecified atom stereocenters. The number of rotatable bonds is 3. The molecule has 1 aromatic carbocycles. The minimum atomic E-state index is -0.234. The van der Waals surface area contributed by atoms with Gasteiger partial charge in [-0.05, 0) is 25.5 Å². The first-order valence-electron chi connectivity index (χ1n) is 5.91. The van der Waals surface area contributed by atoms with Gasteiger partial charge in [-0.1, -0.05) is 6.42 Å². The maximum absolute atomic E-state index is 14.0. The van der Waals surface area contributed by atoms with Gasteiger partial charge in [0.15, 0.2) is 11.5 Å². The molecule has 4 heteroatoms. The van der Waals surface area contributed by atoms with Gasteiger partial charge in [0.05, 0.1) is 14.2 Å². The molecule has 1 aliphatic heterocycles. The molecule has 0 aliphatic carbocycles. The molecule has 1 saturated heterocycles. The summed E-state index contributed by atoms with van der Waals surface area (Å²) < 4.78 is 24.2. The minimum Gasteiger partial charge on any atom is -0.493 e. The third-order valence-corrected chi connectivity index (χ3v) is 3.19. The van der Waals surface area contributed by atoms with Crippen molar-refractivity contribution in [2.45, 2.75) is 25.3 Å². The van der Waals surface area contributed by atoms with E-state index in [9.17, 15) is 4.39 Å². The number of hydrogen-bond donors (Lipinski definition) is 1. The van der Waals surface area contributed by atoms with Gasteiger partial charge in [-0.3, -0.25) is 0 Å². The number of methoxy groups -OCH3 is 2. The van der Waals surface area contributed by atoms with E-state index >= 15 is 0 Å². The summed E-state index contributed by atoms with van der Waals surface area (Å²) in [5.74, 6) is 0.780. The highest BCUT2D eigenvalue weighted by molar-refractivity contribution is 5.44. The number of nitrogens with one attached hydrogen (secondary N) is 1. The Morgan fingerprint density at radius 1 is 1.18 bits per heavy atom. The highest BCUT2D eigenvalue weighted by Gasteiger charge is 2.20. The van der Waals surface area contributed by atoms with Crippen molar-refractivity contribution in [3.63, 3.8) is 0 Å². The van der Waals surface area contributed by atoms with Gasteiger partial charge in [-0.25, -0.2) is 4.39 Å². The molecule has 94 valence electrons. The SMILES string of the molecule is COc1cc(F)c([C@@H]2CCCCN2)cc1OC. The summed E-state index contributed by atoms with van der Waals surface area (Å²) in [5, 5.41) is 3.33. The normalized spacial score (nSPS) is 20.1. The number of ether oxygens (including phenoxy) is 2. The fourth-order valence-corrected chi connectivity index (χ4v) is 2.25. The van der Waals surface area contributed by atoms with E-state index in [1.54, 1.807) is 13.2 Å². The first-order valence-corrected chi connectivity index (χ1v) is 5.91. The van der Waals surface area contributed by atoms with E-state index in [4.69, 9.17) is 9.47 Å². The lowest BCUT2D eigenvalue weighted by atomic mass is 9.97. The van der Waals surface area contributed by atoms with Gasteiger partial charge in [-0.2, -0.15) is 0 Å². The second kappa shape index (κ2) is 5.36. The lowest BCUT2D eigenvalue weighted by Gasteiger charge is -2.25. The highest BCUT2D eigenvalue weighted by atomic mass is 19.1. The molecule has 0 saturated carbocycles. The van der Waals surface area contributed by atoms with E-state index < -0.39 is 0 Å². The lowest BCUT2D eigenvalue weighted by molar-refractivity contribution is 0.347. The Morgan fingerprint density at radius 3 is 2.47 bits per heavy atom. The largest absolute Gasteiger partial charge is 0.493 e. The molecule has 3 nitrogen and oxygen atoms in total. The van der Waals surface area contributed by atoms with Gasteiger partial charge in [0.2, 0.25) is 0 Å². The van der Waals surface area contributed by atoms with E-state index in [-0.39, 0.29) is 11.9 Å². The fourth-order valence-electron chi connectivity index (χ4n) is 2.25. The quantitative estimate of drug-likeness (QED) is 0.879. The number of hydrogen-bond acceptors (Lipinski definition) is 3. The highest BCUT2D eigenvalue weighted by Crippen LogP contribution is 2.34. The second-order valence-corrected chi connectivity index (χ2v) is 4.23. The first-order chi connectivity index (χ1) is 8.26. The fraction of sp³-hybridized carbons (Fsp3) is 0.538. The summed E-state index contributed by atoms with van der Waals surface area (Å²) in [5.41, 5.74) is 0.669. The molecule has 0 spiro atoms. The van der Waals surface area contributed by atoms with Crippen molar-refractivity contribution in [1.82, 2.24) is 5.32 Å². The summed E-state index contributed by atoms with van der Waals surface area (Å²) in [4.78, 5) is 0. The average molecular weight is 239 g/mol. The Hall–Kier alpha value is -1.29. The molecule has 1 atom stereocenters. The van der Waals surface area contributed by atoms with Crippen molar-refractivity contribution in [3.05, 3.63) is 23.5 Å². The molecule has 1 aromatic rings. The topological polar surface area (TPSA) is 30.5 Å². The van der Waals surface area contributed by atoms with Crippen LogP contribution < -0.4 is 14.8 Å². The van der Waals surface area contributed by atoms with Gasteiger partial charge in [0.1, 0.15) is 5.82 Å². The van der Waals surface area contributed by atoms with Gasteiger partial charge >= 0.3 is 0 Å². The van der Waals surface area contributed by atoms with Crippen LogP contribution in [-0.4, -0.2) is 20.8 Å². The van der Waals surface area contributed by atoms with E-state index in [1.165, 1.54) is 13.2 Å². The summed E-state index contributed by atoms with van der Waals surface area (Å²) in [6, 6.07) is 3.21. The minimum absolute atomic E-state index is 0.0866. The molecule has 2 rings (SSSR count). The standard InChI is InChI=1S/C13H18FNO2/c1-16-12-7-9(10(14)8-13(12)17-2)11-5-3-4-6-15-11/h7-8,11,15H,3-6H2,1-2H3/t11-/m0/s1. The molecule has 1 N–H and O–H groups in total. The number of piperidine rings is 1. The van der Waals surface area contributed by atoms with Crippen molar-refractivity contribution in [3.8, 4) is 11.5 Å². The zero-order valence-electron chi connectivity index (χ0n) is 10.3. The van der Waals surface area contributed by atoms with Crippen molar-refractivity contribution in [1.29, 1.82) is 0 Å². The zero-order valence-corrected chi connectivity index (χ0v) is 10.3. The van der Waals surface area contributed by atoms with Crippen molar-refractivity contribution in [2.75, 3.05) is 20.8 Å². The third kappa shape index (κ3) is 2.52. The van der Waals surface area contributed by atoms with Crippen LogP contribution in [0.25, 0.3) is 0 Å². The average Bonchev–Trinajstić information content (AvgIpc) is 2.39. The Labute approximate surface area is 101 Å². The lowest BCUT2D eigenvalue weighted by Crippen LogP contribution is -2.27. The molecular formula is C13H18FNO2. The van der Waals surface area contributed by atoms with Gasteiger partial charge in [-0.15, -0.1) is 0 Å². The predicted molar refractivity (Wildman–Crippen MR) is 64.1 cm³/mol. The molecule has 1 fully saturated rings. The number of halogens is 1. The van der Waals surface area contributed by atoms with Crippen molar-refractivity contribution in [2.24, 2.45) is 0 Å². The predicted octanol–water partition coefficient (Wildman–Crippen LogP) is 2.66. The third-order valence-electron chi connectivity index (χ3n) is 3.19. The molecular weight excluding hydrogens is 221 g/mol. The van der Waals surface area contributed by atoms with Crippen LogP contribution in [0.2, 0.25) is 0 Å². The van der Waals surface area contributed by atoms with E-state index in [0.29, 0.717) is 17.1 Å². The molecule has 0 radical (unpaired) electrons. The summed E-state index contributed by atoms with van der Waals surface area (Å²) in [7, 11) is 3.07. The van der Waals surface area contributed by atoms with Crippen LogP contribution in [0, 0.1) is 5.82 Å². The van der Waals surface area contributed by atoms with Crippen LogP contribution in [0.15, 0.2) is 12.1 Å². The Morgan fingerprint density at radius 2 is 1.88 bits per heavy atom. The monoisotopic (exact) mass is 239 g/mol. The summed E-state index contributed by atoms with van der Waals surface area (Å²) in [6.45, 7) is 0.943. The summed E-state index contributed by atoms with van der Waals surface area (Å²) >= 11 is 0. The van der Waals surface area contributed by atoms with Gasteiger partial charge < -0.3 is 14.8 Å². The molecule has 1 heterocycles. The molecule has 0 amide bonds. The van der Waals surface area contributed by atoms with Crippen LogP contribution >= 0.6 is 0 Å². The smallest absolute Gasteiger partial charge is 0.163 e. The van der Waals surface area contributed by atoms with Crippen molar-refractivity contribution >= 4 is 0 Å². The Balaban J connectivity index is 2.32. The van der Waals surface area contributed by atoms with Crippen LogP contribution in [-0.2, 0) is 0 Å². The Bertz CT molecular complexity index is 389. The van der Waals surface area contributed by atoms with E-state index in [0.717, 1.165) is 25.8 Å². The van der Waals surface area contributed by atoms with Crippen LogP contribution in [0.3, 0.4) is 0 Å².